The fourth-order valence-electron chi connectivity index (χ4n) is 2.26. The summed E-state index contributed by atoms with van der Waals surface area (Å²) in [5.41, 5.74) is 2.50. The summed E-state index contributed by atoms with van der Waals surface area (Å²) in [5.74, 6) is 1.09. The molecule has 1 rings (SSSR count). The van der Waals surface area contributed by atoms with E-state index in [-0.39, 0.29) is 0 Å². The largest absolute Gasteiger partial charge is 0.493 e. The lowest BCUT2D eigenvalue weighted by atomic mass is 10.1. The van der Waals surface area contributed by atoms with Crippen molar-refractivity contribution < 1.29 is 4.74 Å². The van der Waals surface area contributed by atoms with Crippen molar-refractivity contribution in [3.8, 4) is 5.75 Å². The zero-order valence-electron chi connectivity index (χ0n) is 12.3. The van der Waals surface area contributed by atoms with E-state index in [1.807, 2.05) is 0 Å². The van der Waals surface area contributed by atoms with Crippen molar-refractivity contribution in [1.82, 2.24) is 0 Å². The van der Waals surface area contributed by atoms with E-state index in [4.69, 9.17) is 4.74 Å². The molecule has 0 spiro atoms. The van der Waals surface area contributed by atoms with Crippen LogP contribution in [0.3, 0.4) is 0 Å². The first-order chi connectivity index (χ1) is 8.75. The van der Waals surface area contributed by atoms with Crippen molar-refractivity contribution in [3.05, 3.63) is 29.3 Å². The predicted molar refractivity (Wildman–Crippen MR) is 79.4 cm³/mol. The summed E-state index contributed by atoms with van der Waals surface area (Å²) >= 11 is 0. The minimum Gasteiger partial charge on any atom is -0.493 e. The predicted octanol–water partition coefficient (Wildman–Crippen LogP) is 5.43. The number of hydrogen-bond acceptors (Lipinski definition) is 1. The molecule has 0 aliphatic rings. The van der Waals surface area contributed by atoms with Gasteiger partial charge in [0.1, 0.15) is 5.75 Å². The normalized spacial score (nSPS) is 10.6. The Kier molecular flexibility index (Phi) is 7.55. The molecule has 18 heavy (non-hydrogen) atoms. The van der Waals surface area contributed by atoms with Crippen LogP contribution in [0.15, 0.2) is 18.2 Å². The molecule has 0 aromatic heterocycles. The SMILES string of the molecule is CCCCCCCCCOc1c(C)cccc1C. The second-order valence-electron chi connectivity index (χ2n) is 5.19. The Balaban J connectivity index is 2.11. The van der Waals surface area contributed by atoms with Gasteiger partial charge in [0.25, 0.3) is 0 Å². The average molecular weight is 248 g/mol. The van der Waals surface area contributed by atoms with Crippen LogP contribution in [0.1, 0.15) is 63.0 Å². The third-order valence-electron chi connectivity index (χ3n) is 3.40. The maximum atomic E-state index is 5.90. The first-order valence-electron chi connectivity index (χ1n) is 7.44. The van der Waals surface area contributed by atoms with E-state index in [0.717, 1.165) is 12.4 Å². The molecule has 1 aromatic carbocycles. The van der Waals surface area contributed by atoms with Crippen molar-refractivity contribution in [2.45, 2.75) is 65.7 Å². The molecule has 1 heteroatoms. The molecule has 1 nitrogen and oxygen atoms in total. The van der Waals surface area contributed by atoms with Gasteiger partial charge in [-0.25, -0.2) is 0 Å². The Morgan fingerprint density at radius 1 is 0.833 bits per heavy atom. The molecular weight excluding hydrogens is 220 g/mol. The summed E-state index contributed by atoms with van der Waals surface area (Å²) in [6.45, 7) is 7.36. The number of unbranched alkanes of at least 4 members (excludes halogenated alkanes) is 6. The van der Waals surface area contributed by atoms with Crippen molar-refractivity contribution in [3.63, 3.8) is 0 Å². The molecule has 1 aromatic rings. The monoisotopic (exact) mass is 248 g/mol. The minimum atomic E-state index is 0.861. The maximum Gasteiger partial charge on any atom is 0.125 e. The Morgan fingerprint density at radius 2 is 1.39 bits per heavy atom. The van der Waals surface area contributed by atoms with Crippen LogP contribution in [0.5, 0.6) is 5.75 Å². The summed E-state index contributed by atoms with van der Waals surface area (Å²) in [5, 5.41) is 0. The molecule has 0 aliphatic carbocycles. The third kappa shape index (κ3) is 5.57. The molecule has 0 fully saturated rings. The standard InChI is InChI=1S/C17H28O/c1-4-5-6-7-8-9-10-14-18-17-15(2)12-11-13-16(17)3/h11-13H,4-10,14H2,1-3H3. The number of hydrogen-bond donors (Lipinski definition) is 0. The smallest absolute Gasteiger partial charge is 0.125 e. The fourth-order valence-corrected chi connectivity index (χ4v) is 2.26. The summed E-state index contributed by atoms with van der Waals surface area (Å²) in [4.78, 5) is 0. The van der Waals surface area contributed by atoms with Gasteiger partial charge in [0.2, 0.25) is 0 Å². The highest BCUT2D eigenvalue weighted by atomic mass is 16.5. The van der Waals surface area contributed by atoms with Gasteiger partial charge in [-0.15, -0.1) is 0 Å². The second kappa shape index (κ2) is 9.02. The molecule has 0 radical (unpaired) electrons. The quantitative estimate of drug-likeness (QED) is 0.529. The van der Waals surface area contributed by atoms with Crippen LogP contribution in [-0.2, 0) is 0 Å². The van der Waals surface area contributed by atoms with Crippen molar-refractivity contribution in [2.75, 3.05) is 6.61 Å². The van der Waals surface area contributed by atoms with Crippen LogP contribution in [-0.4, -0.2) is 6.61 Å². The highest BCUT2D eigenvalue weighted by Crippen LogP contribution is 2.22. The molecule has 0 unspecified atom stereocenters. The highest BCUT2D eigenvalue weighted by molar-refractivity contribution is 5.39. The summed E-state index contributed by atoms with van der Waals surface area (Å²) in [6, 6.07) is 6.32. The molecule has 0 N–H and O–H groups in total. The molecule has 0 heterocycles. The lowest BCUT2D eigenvalue weighted by molar-refractivity contribution is 0.300. The molecule has 0 saturated carbocycles. The van der Waals surface area contributed by atoms with Gasteiger partial charge in [-0.05, 0) is 31.4 Å². The van der Waals surface area contributed by atoms with Gasteiger partial charge in [0, 0.05) is 0 Å². The molecule has 0 amide bonds. The van der Waals surface area contributed by atoms with E-state index in [1.165, 1.54) is 56.1 Å². The van der Waals surface area contributed by atoms with E-state index >= 15 is 0 Å². The fraction of sp³-hybridized carbons (Fsp3) is 0.647. The number of aryl methyl sites for hydroxylation is 2. The van der Waals surface area contributed by atoms with Gasteiger partial charge in [-0.1, -0.05) is 63.6 Å². The van der Waals surface area contributed by atoms with Crippen LogP contribution >= 0.6 is 0 Å². The number of benzene rings is 1. The van der Waals surface area contributed by atoms with E-state index in [1.54, 1.807) is 0 Å². The lowest BCUT2D eigenvalue weighted by Crippen LogP contribution is -2.00. The van der Waals surface area contributed by atoms with Crippen LogP contribution in [0, 0.1) is 13.8 Å². The van der Waals surface area contributed by atoms with Crippen LogP contribution < -0.4 is 4.74 Å². The summed E-state index contributed by atoms with van der Waals surface area (Å²) in [6.07, 6.45) is 9.34. The second-order valence-corrected chi connectivity index (χ2v) is 5.19. The van der Waals surface area contributed by atoms with E-state index in [0.29, 0.717) is 0 Å². The van der Waals surface area contributed by atoms with Crippen LogP contribution in [0.2, 0.25) is 0 Å². The molecule has 0 bridgehead atoms. The van der Waals surface area contributed by atoms with Gasteiger partial charge in [0.05, 0.1) is 6.61 Å². The minimum absolute atomic E-state index is 0.861. The zero-order chi connectivity index (χ0) is 13.2. The zero-order valence-corrected chi connectivity index (χ0v) is 12.3. The van der Waals surface area contributed by atoms with Gasteiger partial charge in [0.15, 0.2) is 0 Å². The first kappa shape index (κ1) is 15.1. The Hall–Kier alpha value is -0.980. The molecule has 0 saturated heterocycles. The summed E-state index contributed by atoms with van der Waals surface area (Å²) in [7, 11) is 0. The van der Waals surface area contributed by atoms with Crippen molar-refractivity contribution in [1.29, 1.82) is 0 Å². The Morgan fingerprint density at radius 3 is 2.00 bits per heavy atom. The third-order valence-corrected chi connectivity index (χ3v) is 3.40. The van der Waals surface area contributed by atoms with Gasteiger partial charge in [-0.2, -0.15) is 0 Å². The lowest BCUT2D eigenvalue weighted by Gasteiger charge is -2.11. The van der Waals surface area contributed by atoms with Crippen molar-refractivity contribution in [2.24, 2.45) is 0 Å². The van der Waals surface area contributed by atoms with Crippen molar-refractivity contribution >= 4 is 0 Å². The van der Waals surface area contributed by atoms with Crippen LogP contribution in [0.25, 0.3) is 0 Å². The number of rotatable bonds is 9. The molecule has 0 aliphatic heterocycles. The van der Waals surface area contributed by atoms with E-state index in [9.17, 15) is 0 Å². The molecular formula is C17H28O. The number of ether oxygens (including phenoxy) is 1. The van der Waals surface area contributed by atoms with Gasteiger partial charge in [-0.3, -0.25) is 0 Å². The van der Waals surface area contributed by atoms with Gasteiger partial charge >= 0.3 is 0 Å². The first-order valence-corrected chi connectivity index (χ1v) is 7.44. The van der Waals surface area contributed by atoms with E-state index in [2.05, 4.69) is 39.0 Å². The maximum absolute atomic E-state index is 5.90. The topological polar surface area (TPSA) is 9.23 Å². The molecule has 0 atom stereocenters. The Labute approximate surface area is 113 Å². The summed E-state index contributed by atoms with van der Waals surface area (Å²) < 4.78 is 5.90. The highest BCUT2D eigenvalue weighted by Gasteiger charge is 2.02. The molecule has 102 valence electrons. The van der Waals surface area contributed by atoms with E-state index < -0.39 is 0 Å². The van der Waals surface area contributed by atoms with Crippen LogP contribution in [0.4, 0.5) is 0 Å². The Bertz CT molecular complexity index is 310. The average Bonchev–Trinajstić information content (AvgIpc) is 2.35. The number of para-hydroxylation sites is 1. The van der Waals surface area contributed by atoms with Gasteiger partial charge < -0.3 is 4.74 Å².